The molecule has 0 unspecified atom stereocenters. The van der Waals surface area contributed by atoms with Gasteiger partial charge in [0.15, 0.2) is 5.82 Å². The number of ether oxygens (including phenoxy) is 1. The van der Waals surface area contributed by atoms with Gasteiger partial charge in [-0.3, -0.25) is 9.78 Å². The molecule has 0 atom stereocenters. The normalized spacial score (nSPS) is 15.3. The minimum absolute atomic E-state index is 0.00619. The van der Waals surface area contributed by atoms with Gasteiger partial charge in [0.05, 0.1) is 29.9 Å². The van der Waals surface area contributed by atoms with Crippen molar-refractivity contribution < 1.29 is 9.53 Å². The molecule has 0 amide bonds. The zero-order valence-electron chi connectivity index (χ0n) is 15.8. The van der Waals surface area contributed by atoms with E-state index < -0.39 is 0 Å². The molecule has 3 heterocycles. The molecule has 0 aliphatic carbocycles. The van der Waals surface area contributed by atoms with Gasteiger partial charge in [0.25, 0.3) is 0 Å². The topological polar surface area (TPSA) is 60.2 Å². The number of carbonyl (C=O) groups is 1. The lowest BCUT2D eigenvalue weighted by Gasteiger charge is -2.31. The zero-order valence-corrected chi connectivity index (χ0v) is 15.8. The highest BCUT2D eigenvalue weighted by molar-refractivity contribution is 5.91. The van der Waals surface area contributed by atoms with Crippen LogP contribution in [0.2, 0.25) is 0 Å². The summed E-state index contributed by atoms with van der Waals surface area (Å²) in [6, 6.07) is 10.3. The predicted octanol–water partition coefficient (Wildman–Crippen LogP) is 3.51. The third kappa shape index (κ3) is 3.39. The SMILES string of the molecule is CCOC(=O)C1CCN(c2nn(-c3ccc(C)cc3)c3cnccc23)CC1. The number of fused-ring (bicyclic) bond motifs is 1. The fourth-order valence-corrected chi connectivity index (χ4v) is 3.65. The molecule has 1 saturated heterocycles. The molecule has 140 valence electrons. The molecule has 1 aliphatic rings. The lowest BCUT2D eigenvalue weighted by atomic mass is 9.97. The molecular weight excluding hydrogens is 340 g/mol. The van der Waals surface area contributed by atoms with Gasteiger partial charge in [0.1, 0.15) is 0 Å². The van der Waals surface area contributed by atoms with Crippen molar-refractivity contribution in [2.75, 3.05) is 24.6 Å². The lowest BCUT2D eigenvalue weighted by Crippen LogP contribution is -2.37. The summed E-state index contributed by atoms with van der Waals surface area (Å²) in [5, 5.41) is 5.99. The van der Waals surface area contributed by atoms with Gasteiger partial charge in [-0.15, -0.1) is 5.10 Å². The molecule has 1 fully saturated rings. The molecule has 0 spiro atoms. The highest BCUT2D eigenvalue weighted by Gasteiger charge is 2.28. The summed E-state index contributed by atoms with van der Waals surface area (Å²) in [5.74, 6) is 0.875. The van der Waals surface area contributed by atoms with E-state index in [1.807, 2.05) is 23.9 Å². The van der Waals surface area contributed by atoms with E-state index in [0.717, 1.165) is 48.3 Å². The Kier molecular flexibility index (Phi) is 4.79. The van der Waals surface area contributed by atoms with Crippen LogP contribution in [0.15, 0.2) is 42.7 Å². The van der Waals surface area contributed by atoms with Gasteiger partial charge in [-0.05, 0) is 44.9 Å². The maximum Gasteiger partial charge on any atom is 0.309 e. The fourth-order valence-electron chi connectivity index (χ4n) is 3.65. The van der Waals surface area contributed by atoms with Gasteiger partial charge < -0.3 is 9.64 Å². The smallest absolute Gasteiger partial charge is 0.309 e. The molecule has 0 radical (unpaired) electrons. The Balaban J connectivity index is 1.63. The second-order valence-corrected chi connectivity index (χ2v) is 6.98. The van der Waals surface area contributed by atoms with Gasteiger partial charge in [-0.25, -0.2) is 4.68 Å². The summed E-state index contributed by atoms with van der Waals surface area (Å²) in [7, 11) is 0. The first-order valence-corrected chi connectivity index (χ1v) is 9.48. The first kappa shape index (κ1) is 17.5. The van der Waals surface area contributed by atoms with Crippen LogP contribution in [0.1, 0.15) is 25.3 Å². The van der Waals surface area contributed by atoms with Crippen LogP contribution in [-0.4, -0.2) is 40.4 Å². The van der Waals surface area contributed by atoms with E-state index in [9.17, 15) is 4.79 Å². The van der Waals surface area contributed by atoms with Crippen LogP contribution in [0.3, 0.4) is 0 Å². The molecule has 1 aliphatic heterocycles. The number of pyridine rings is 1. The summed E-state index contributed by atoms with van der Waals surface area (Å²) in [6.07, 6.45) is 5.25. The maximum atomic E-state index is 12.0. The third-order valence-electron chi connectivity index (χ3n) is 5.16. The molecule has 6 nitrogen and oxygen atoms in total. The van der Waals surface area contributed by atoms with E-state index in [2.05, 4.69) is 41.1 Å². The van der Waals surface area contributed by atoms with Gasteiger partial charge in [0, 0.05) is 24.7 Å². The number of piperidine rings is 1. The van der Waals surface area contributed by atoms with Crippen LogP contribution in [-0.2, 0) is 9.53 Å². The van der Waals surface area contributed by atoms with Crippen molar-refractivity contribution in [3.63, 3.8) is 0 Å². The molecule has 6 heteroatoms. The van der Waals surface area contributed by atoms with Crippen LogP contribution in [0.5, 0.6) is 0 Å². The quantitative estimate of drug-likeness (QED) is 0.663. The maximum absolute atomic E-state index is 12.0. The standard InChI is InChI=1S/C21H24N4O2/c1-3-27-21(26)16-9-12-24(13-10-16)20-18-8-11-22-14-19(18)25(23-20)17-6-4-15(2)5-7-17/h4-8,11,14,16H,3,9-10,12-13H2,1-2H3. The molecular formula is C21H24N4O2. The van der Waals surface area contributed by atoms with Crippen molar-refractivity contribution in [1.29, 1.82) is 0 Å². The van der Waals surface area contributed by atoms with E-state index in [-0.39, 0.29) is 11.9 Å². The molecule has 27 heavy (non-hydrogen) atoms. The second-order valence-electron chi connectivity index (χ2n) is 6.98. The van der Waals surface area contributed by atoms with Crippen molar-refractivity contribution >= 4 is 22.7 Å². The van der Waals surface area contributed by atoms with Crippen LogP contribution in [0, 0.1) is 12.8 Å². The Morgan fingerprint density at radius 1 is 1.19 bits per heavy atom. The van der Waals surface area contributed by atoms with E-state index in [0.29, 0.717) is 6.61 Å². The molecule has 2 aromatic heterocycles. The van der Waals surface area contributed by atoms with Crippen molar-refractivity contribution in [3.05, 3.63) is 48.3 Å². The summed E-state index contributed by atoms with van der Waals surface area (Å²) < 4.78 is 7.13. The summed E-state index contributed by atoms with van der Waals surface area (Å²) in [4.78, 5) is 18.6. The van der Waals surface area contributed by atoms with Crippen molar-refractivity contribution in [1.82, 2.24) is 14.8 Å². The lowest BCUT2D eigenvalue weighted by molar-refractivity contribution is -0.148. The second kappa shape index (κ2) is 7.39. The predicted molar refractivity (Wildman–Crippen MR) is 105 cm³/mol. The summed E-state index contributed by atoms with van der Waals surface area (Å²) in [6.45, 7) is 5.96. The van der Waals surface area contributed by atoms with E-state index in [1.54, 1.807) is 6.20 Å². The number of hydrogen-bond acceptors (Lipinski definition) is 5. The van der Waals surface area contributed by atoms with Gasteiger partial charge in [-0.1, -0.05) is 17.7 Å². The van der Waals surface area contributed by atoms with Crippen LogP contribution >= 0.6 is 0 Å². The monoisotopic (exact) mass is 364 g/mol. The number of hydrogen-bond donors (Lipinski definition) is 0. The molecule has 0 N–H and O–H groups in total. The van der Waals surface area contributed by atoms with Crippen molar-refractivity contribution in [2.24, 2.45) is 5.92 Å². The van der Waals surface area contributed by atoms with Gasteiger partial charge in [0.2, 0.25) is 0 Å². The van der Waals surface area contributed by atoms with Crippen molar-refractivity contribution in [3.8, 4) is 5.69 Å². The van der Waals surface area contributed by atoms with Gasteiger partial charge in [-0.2, -0.15) is 0 Å². The minimum Gasteiger partial charge on any atom is -0.466 e. The number of rotatable bonds is 4. The average Bonchev–Trinajstić information content (AvgIpc) is 3.09. The number of anilines is 1. The van der Waals surface area contributed by atoms with Gasteiger partial charge >= 0.3 is 5.97 Å². The van der Waals surface area contributed by atoms with E-state index >= 15 is 0 Å². The van der Waals surface area contributed by atoms with Crippen molar-refractivity contribution in [2.45, 2.75) is 26.7 Å². The highest BCUT2D eigenvalue weighted by Crippen LogP contribution is 2.31. The van der Waals surface area contributed by atoms with Crippen LogP contribution < -0.4 is 4.90 Å². The third-order valence-corrected chi connectivity index (χ3v) is 5.16. The van der Waals surface area contributed by atoms with Crippen LogP contribution in [0.25, 0.3) is 16.6 Å². The molecule has 1 aromatic carbocycles. The average molecular weight is 364 g/mol. The first-order chi connectivity index (χ1) is 13.2. The summed E-state index contributed by atoms with van der Waals surface area (Å²) >= 11 is 0. The zero-order chi connectivity index (χ0) is 18.8. The summed E-state index contributed by atoms with van der Waals surface area (Å²) in [5.41, 5.74) is 3.23. The number of aromatic nitrogens is 3. The Morgan fingerprint density at radius 3 is 2.63 bits per heavy atom. The number of benzene rings is 1. The Morgan fingerprint density at radius 2 is 1.93 bits per heavy atom. The minimum atomic E-state index is -0.0728. The van der Waals surface area contributed by atoms with Crippen LogP contribution in [0.4, 0.5) is 5.82 Å². The Hall–Kier alpha value is -2.89. The number of esters is 1. The number of carbonyl (C=O) groups excluding carboxylic acids is 1. The molecule has 0 bridgehead atoms. The molecule has 4 rings (SSSR count). The largest absolute Gasteiger partial charge is 0.466 e. The first-order valence-electron chi connectivity index (χ1n) is 9.48. The number of aryl methyl sites for hydroxylation is 1. The fraction of sp³-hybridized carbons (Fsp3) is 0.381. The highest BCUT2D eigenvalue weighted by atomic mass is 16.5. The molecule has 3 aromatic rings. The van der Waals surface area contributed by atoms with E-state index in [1.165, 1.54) is 5.56 Å². The number of nitrogens with zero attached hydrogens (tertiary/aromatic N) is 4. The molecule has 0 saturated carbocycles. The van der Waals surface area contributed by atoms with E-state index in [4.69, 9.17) is 9.84 Å². The Bertz CT molecular complexity index is 940. The Labute approximate surface area is 158 Å².